The number of carbonyl (C=O) groups excluding carboxylic acids is 1. The minimum absolute atomic E-state index is 0.435. The molecule has 4 heteroatoms. The molecule has 0 bridgehead atoms. The molecular formula is C10H14N2O2. The summed E-state index contributed by atoms with van der Waals surface area (Å²) >= 11 is 0. The first-order valence-electron chi connectivity index (χ1n) is 4.38. The number of aliphatic hydroxyl groups excluding tert-OH is 1. The van der Waals surface area contributed by atoms with Crippen LogP contribution in [0.1, 0.15) is 5.56 Å². The largest absolute Gasteiger partial charge is 0.382 e. The summed E-state index contributed by atoms with van der Waals surface area (Å²) in [6.07, 6.45) is -0.847. The maximum atomic E-state index is 10.6. The highest BCUT2D eigenvalue weighted by Gasteiger charge is 2.20. The lowest BCUT2D eigenvalue weighted by molar-refractivity contribution is -0.126. The number of rotatable bonds is 4. The van der Waals surface area contributed by atoms with Crippen LogP contribution in [0.4, 0.5) is 0 Å². The molecule has 5 N–H and O–H groups in total. The third-order valence-corrected chi connectivity index (χ3v) is 2.01. The van der Waals surface area contributed by atoms with Gasteiger partial charge in [0.05, 0.1) is 0 Å². The summed E-state index contributed by atoms with van der Waals surface area (Å²) in [5.41, 5.74) is 11.5. The predicted molar refractivity (Wildman–Crippen MR) is 53.3 cm³/mol. The minimum Gasteiger partial charge on any atom is -0.382 e. The molecule has 1 aromatic carbocycles. The Hall–Kier alpha value is -1.39. The van der Waals surface area contributed by atoms with E-state index in [4.69, 9.17) is 11.5 Å². The van der Waals surface area contributed by atoms with Crippen LogP contribution in [0, 0.1) is 0 Å². The van der Waals surface area contributed by atoms with Crippen molar-refractivity contribution in [2.24, 2.45) is 11.5 Å². The van der Waals surface area contributed by atoms with Crippen molar-refractivity contribution in [3.05, 3.63) is 35.9 Å². The quantitative estimate of drug-likeness (QED) is 0.598. The maximum Gasteiger partial charge on any atom is 0.247 e. The lowest BCUT2D eigenvalue weighted by atomic mass is 10.0. The molecule has 4 nitrogen and oxygen atoms in total. The van der Waals surface area contributed by atoms with Gasteiger partial charge in [-0.25, -0.2) is 0 Å². The molecule has 0 aromatic heterocycles. The molecule has 0 aliphatic carbocycles. The highest BCUT2D eigenvalue weighted by Crippen LogP contribution is 2.04. The zero-order chi connectivity index (χ0) is 10.6. The van der Waals surface area contributed by atoms with E-state index in [1.165, 1.54) is 0 Å². The number of primary amides is 1. The number of carbonyl (C=O) groups is 1. The summed E-state index contributed by atoms with van der Waals surface area (Å²) in [5, 5.41) is 9.26. The van der Waals surface area contributed by atoms with Crippen molar-refractivity contribution < 1.29 is 9.90 Å². The average Bonchev–Trinajstić information content (AvgIpc) is 2.18. The Bertz CT molecular complexity index is 300. The highest BCUT2D eigenvalue weighted by atomic mass is 16.3. The van der Waals surface area contributed by atoms with Crippen LogP contribution >= 0.6 is 0 Å². The summed E-state index contributed by atoms with van der Waals surface area (Å²) in [6, 6.07) is 8.76. The third kappa shape index (κ3) is 2.83. The van der Waals surface area contributed by atoms with Gasteiger partial charge in [-0.2, -0.15) is 0 Å². The normalized spacial score (nSPS) is 14.7. The summed E-state index contributed by atoms with van der Waals surface area (Å²) in [6.45, 7) is 0. The van der Waals surface area contributed by atoms with E-state index in [0.29, 0.717) is 6.42 Å². The molecule has 1 unspecified atom stereocenters. The fourth-order valence-electron chi connectivity index (χ4n) is 1.21. The van der Waals surface area contributed by atoms with E-state index in [1.54, 1.807) is 0 Å². The molecule has 0 aliphatic heterocycles. The lowest BCUT2D eigenvalue weighted by Crippen LogP contribution is -2.45. The van der Waals surface area contributed by atoms with E-state index in [-0.39, 0.29) is 0 Å². The second-order valence-electron chi connectivity index (χ2n) is 3.20. The summed E-state index contributed by atoms with van der Waals surface area (Å²) in [5.74, 6) is -0.784. The van der Waals surface area contributed by atoms with Crippen LogP contribution in [0.2, 0.25) is 0 Å². The standard InChI is InChI=1S/C10H14N2O2/c11-8(9(13)10(12)14)6-7-4-2-1-3-5-7/h1-5,8-9,13H,6,11H2,(H2,12,14)/t8-,9?/m1/s1. The number of amides is 1. The molecule has 0 saturated heterocycles. The number of benzene rings is 1. The predicted octanol–water partition coefficient (Wildman–Crippen LogP) is -0.597. The average molecular weight is 194 g/mol. The Balaban J connectivity index is 2.57. The van der Waals surface area contributed by atoms with Gasteiger partial charge in [0.2, 0.25) is 5.91 Å². The van der Waals surface area contributed by atoms with Gasteiger partial charge in [-0.1, -0.05) is 30.3 Å². The Kier molecular flexibility index (Phi) is 3.62. The molecule has 0 radical (unpaired) electrons. The van der Waals surface area contributed by atoms with Crippen LogP contribution in [0.3, 0.4) is 0 Å². The van der Waals surface area contributed by atoms with E-state index in [1.807, 2.05) is 30.3 Å². The zero-order valence-electron chi connectivity index (χ0n) is 7.76. The SMILES string of the molecule is NC(=O)C(O)[C@H](N)Cc1ccccc1. The number of hydrogen-bond donors (Lipinski definition) is 3. The molecule has 14 heavy (non-hydrogen) atoms. The first-order chi connectivity index (χ1) is 6.61. The van der Waals surface area contributed by atoms with E-state index in [2.05, 4.69) is 0 Å². The van der Waals surface area contributed by atoms with Crippen molar-refractivity contribution in [3.63, 3.8) is 0 Å². The minimum atomic E-state index is -1.28. The smallest absolute Gasteiger partial charge is 0.247 e. The van der Waals surface area contributed by atoms with Crippen LogP contribution < -0.4 is 11.5 Å². The van der Waals surface area contributed by atoms with Gasteiger partial charge in [-0.3, -0.25) is 4.79 Å². The molecule has 0 spiro atoms. The van der Waals surface area contributed by atoms with Crippen molar-refractivity contribution in [2.45, 2.75) is 18.6 Å². The fourth-order valence-corrected chi connectivity index (χ4v) is 1.21. The monoisotopic (exact) mass is 194 g/mol. The molecule has 1 aromatic rings. The van der Waals surface area contributed by atoms with Gasteiger partial charge in [0.25, 0.3) is 0 Å². The van der Waals surface area contributed by atoms with E-state index in [9.17, 15) is 9.90 Å². The summed E-state index contributed by atoms with van der Waals surface area (Å²) in [7, 11) is 0. The van der Waals surface area contributed by atoms with Crippen molar-refractivity contribution in [3.8, 4) is 0 Å². The highest BCUT2D eigenvalue weighted by molar-refractivity contribution is 5.79. The first kappa shape index (κ1) is 10.7. The van der Waals surface area contributed by atoms with Crippen LogP contribution in [0.25, 0.3) is 0 Å². The number of hydrogen-bond acceptors (Lipinski definition) is 3. The molecule has 2 atom stereocenters. The van der Waals surface area contributed by atoms with E-state index in [0.717, 1.165) is 5.56 Å². The molecular weight excluding hydrogens is 180 g/mol. The Morgan fingerprint density at radius 3 is 2.43 bits per heavy atom. The topological polar surface area (TPSA) is 89.3 Å². The van der Waals surface area contributed by atoms with Crippen molar-refractivity contribution in [2.75, 3.05) is 0 Å². The van der Waals surface area contributed by atoms with Crippen LogP contribution in [-0.2, 0) is 11.2 Å². The summed E-state index contributed by atoms with van der Waals surface area (Å²) < 4.78 is 0. The van der Waals surface area contributed by atoms with Gasteiger partial charge in [-0.05, 0) is 12.0 Å². The molecule has 0 fully saturated rings. The van der Waals surface area contributed by atoms with Gasteiger partial charge >= 0.3 is 0 Å². The Labute approximate surface area is 82.5 Å². The van der Waals surface area contributed by atoms with Crippen LogP contribution in [0.5, 0.6) is 0 Å². The van der Waals surface area contributed by atoms with Crippen molar-refractivity contribution in [1.82, 2.24) is 0 Å². The maximum absolute atomic E-state index is 10.6. The van der Waals surface area contributed by atoms with Gasteiger partial charge in [0.1, 0.15) is 6.10 Å². The molecule has 76 valence electrons. The third-order valence-electron chi connectivity index (χ3n) is 2.01. The fraction of sp³-hybridized carbons (Fsp3) is 0.300. The van der Waals surface area contributed by atoms with Gasteiger partial charge in [0.15, 0.2) is 0 Å². The number of nitrogens with two attached hydrogens (primary N) is 2. The molecule has 1 amide bonds. The molecule has 0 saturated carbocycles. The summed E-state index contributed by atoms with van der Waals surface area (Å²) in [4.78, 5) is 10.6. The van der Waals surface area contributed by atoms with Crippen LogP contribution in [0.15, 0.2) is 30.3 Å². The van der Waals surface area contributed by atoms with Gasteiger partial charge < -0.3 is 16.6 Å². The lowest BCUT2D eigenvalue weighted by Gasteiger charge is -2.15. The molecule has 0 aliphatic rings. The molecule has 1 rings (SSSR count). The van der Waals surface area contributed by atoms with E-state index >= 15 is 0 Å². The van der Waals surface area contributed by atoms with Crippen LogP contribution in [-0.4, -0.2) is 23.2 Å². The van der Waals surface area contributed by atoms with Crippen molar-refractivity contribution in [1.29, 1.82) is 0 Å². The van der Waals surface area contributed by atoms with E-state index < -0.39 is 18.1 Å². The molecule has 0 heterocycles. The Morgan fingerprint density at radius 1 is 1.36 bits per heavy atom. The Morgan fingerprint density at radius 2 is 1.93 bits per heavy atom. The van der Waals surface area contributed by atoms with Gasteiger partial charge in [0, 0.05) is 6.04 Å². The number of aliphatic hydroxyl groups is 1. The first-order valence-corrected chi connectivity index (χ1v) is 4.38. The van der Waals surface area contributed by atoms with Crippen molar-refractivity contribution >= 4 is 5.91 Å². The second kappa shape index (κ2) is 4.74. The second-order valence-corrected chi connectivity index (χ2v) is 3.20. The zero-order valence-corrected chi connectivity index (χ0v) is 7.76. The van der Waals surface area contributed by atoms with Gasteiger partial charge in [-0.15, -0.1) is 0 Å².